The van der Waals surface area contributed by atoms with Crippen LogP contribution in [0.15, 0.2) is 16.8 Å². The van der Waals surface area contributed by atoms with Gasteiger partial charge in [-0.3, -0.25) is 14.4 Å². The van der Waals surface area contributed by atoms with E-state index >= 15 is 0 Å². The molecule has 1 N–H and O–H groups in total. The van der Waals surface area contributed by atoms with E-state index in [9.17, 15) is 4.79 Å². The highest BCUT2D eigenvalue weighted by molar-refractivity contribution is 5.92. The molecule has 0 bridgehead atoms. The average Bonchev–Trinajstić information content (AvgIpc) is 3.18. The second-order valence-corrected chi connectivity index (χ2v) is 6.85. The highest BCUT2D eigenvalue weighted by Gasteiger charge is 2.22. The van der Waals surface area contributed by atoms with Crippen molar-refractivity contribution in [2.24, 2.45) is 13.0 Å². The molecule has 2 aromatic rings. The molecule has 0 aliphatic carbocycles. The van der Waals surface area contributed by atoms with E-state index in [4.69, 9.17) is 4.42 Å². The molecule has 0 spiro atoms. The summed E-state index contributed by atoms with van der Waals surface area (Å²) >= 11 is 0. The molecule has 0 radical (unpaired) electrons. The number of aromatic nitrogens is 3. The molecule has 7 nitrogen and oxygen atoms in total. The van der Waals surface area contributed by atoms with Crippen LogP contribution in [0.5, 0.6) is 0 Å². The number of likely N-dealkylation sites (tertiary alicyclic amines) is 1. The molecule has 1 amide bonds. The summed E-state index contributed by atoms with van der Waals surface area (Å²) in [4.78, 5) is 19.0. The molecule has 3 rings (SSSR count). The van der Waals surface area contributed by atoms with Gasteiger partial charge in [0, 0.05) is 44.9 Å². The number of hydrogen-bond donors (Lipinski definition) is 1. The lowest BCUT2D eigenvalue weighted by molar-refractivity contribution is 0.0900. The second kappa shape index (κ2) is 7.82. The summed E-state index contributed by atoms with van der Waals surface area (Å²) in [5.41, 5.74) is 1.90. The summed E-state index contributed by atoms with van der Waals surface area (Å²) in [6.45, 7) is 7.45. The van der Waals surface area contributed by atoms with Crippen LogP contribution in [0.4, 0.5) is 0 Å². The fourth-order valence-electron chi connectivity index (χ4n) is 3.40. The fourth-order valence-corrected chi connectivity index (χ4v) is 3.40. The van der Waals surface area contributed by atoms with Gasteiger partial charge in [-0.1, -0.05) is 6.92 Å². The summed E-state index contributed by atoms with van der Waals surface area (Å²) in [7, 11) is 1.94. The maximum Gasteiger partial charge on any atom is 0.289 e. The van der Waals surface area contributed by atoms with Crippen LogP contribution >= 0.6 is 0 Å². The molecule has 2 aromatic heterocycles. The summed E-state index contributed by atoms with van der Waals surface area (Å²) < 4.78 is 7.36. The Morgan fingerprint density at radius 3 is 3.00 bits per heavy atom. The Balaban J connectivity index is 1.50. The lowest BCUT2D eigenvalue weighted by Crippen LogP contribution is -2.40. The number of amides is 1. The third kappa shape index (κ3) is 4.48. The third-order valence-electron chi connectivity index (χ3n) is 4.67. The van der Waals surface area contributed by atoms with Crippen molar-refractivity contribution >= 4 is 5.91 Å². The van der Waals surface area contributed by atoms with Crippen LogP contribution < -0.4 is 5.32 Å². The number of nitrogens with zero attached hydrogens (tertiary/aromatic N) is 4. The molecule has 1 aliphatic rings. The molecule has 0 aromatic carbocycles. The van der Waals surface area contributed by atoms with Crippen LogP contribution in [0.25, 0.3) is 0 Å². The van der Waals surface area contributed by atoms with Gasteiger partial charge in [0.2, 0.25) is 5.76 Å². The SMILES string of the molecule is CCc1nc(C)c(C(=O)NCC2CCCN(Cc3cnn(C)c3)C2)o1. The predicted octanol–water partition coefficient (Wildman–Crippen LogP) is 1.92. The van der Waals surface area contributed by atoms with Crippen LogP contribution in [0.3, 0.4) is 0 Å². The van der Waals surface area contributed by atoms with Crippen molar-refractivity contribution in [3.8, 4) is 0 Å². The molecule has 1 aliphatic heterocycles. The predicted molar refractivity (Wildman–Crippen MR) is 94.2 cm³/mol. The normalized spacial score (nSPS) is 18.4. The Morgan fingerprint density at radius 2 is 2.32 bits per heavy atom. The van der Waals surface area contributed by atoms with E-state index in [2.05, 4.69) is 26.5 Å². The number of nitrogens with one attached hydrogen (secondary N) is 1. The zero-order valence-corrected chi connectivity index (χ0v) is 15.3. The van der Waals surface area contributed by atoms with Gasteiger partial charge in [0.15, 0.2) is 5.89 Å². The monoisotopic (exact) mass is 345 g/mol. The largest absolute Gasteiger partial charge is 0.435 e. The number of aryl methyl sites for hydroxylation is 3. The van der Waals surface area contributed by atoms with Gasteiger partial charge in [-0.25, -0.2) is 4.98 Å². The molecule has 25 heavy (non-hydrogen) atoms. The quantitative estimate of drug-likeness (QED) is 0.866. The van der Waals surface area contributed by atoms with Crippen LogP contribution in [0.1, 0.15) is 47.5 Å². The maximum atomic E-state index is 12.3. The minimum absolute atomic E-state index is 0.158. The number of oxazole rings is 1. The molecule has 1 atom stereocenters. The third-order valence-corrected chi connectivity index (χ3v) is 4.67. The van der Waals surface area contributed by atoms with Crippen molar-refractivity contribution in [3.05, 3.63) is 35.3 Å². The van der Waals surface area contributed by atoms with Gasteiger partial charge < -0.3 is 9.73 Å². The first kappa shape index (κ1) is 17.7. The van der Waals surface area contributed by atoms with E-state index in [1.54, 1.807) is 0 Å². The Hall–Kier alpha value is -2.15. The van der Waals surface area contributed by atoms with Crippen LogP contribution in [-0.2, 0) is 20.0 Å². The van der Waals surface area contributed by atoms with E-state index < -0.39 is 0 Å². The molecule has 1 fully saturated rings. The Bertz CT molecular complexity index is 721. The molecular formula is C18H27N5O2. The van der Waals surface area contributed by atoms with E-state index in [0.717, 1.165) is 32.5 Å². The molecule has 0 saturated carbocycles. The number of carbonyl (C=O) groups excluding carboxylic acids is 1. The Kier molecular flexibility index (Phi) is 5.53. The highest BCUT2D eigenvalue weighted by Crippen LogP contribution is 2.18. The van der Waals surface area contributed by atoms with Crippen LogP contribution in [0.2, 0.25) is 0 Å². The first-order valence-corrected chi connectivity index (χ1v) is 8.99. The van der Waals surface area contributed by atoms with E-state index in [0.29, 0.717) is 36.2 Å². The van der Waals surface area contributed by atoms with Gasteiger partial charge in [0.25, 0.3) is 5.91 Å². The Morgan fingerprint density at radius 1 is 1.48 bits per heavy atom. The number of carbonyl (C=O) groups is 1. The first-order valence-electron chi connectivity index (χ1n) is 8.99. The topological polar surface area (TPSA) is 76.2 Å². The lowest BCUT2D eigenvalue weighted by Gasteiger charge is -2.32. The van der Waals surface area contributed by atoms with Gasteiger partial charge in [0.1, 0.15) is 0 Å². The van der Waals surface area contributed by atoms with E-state index in [1.165, 1.54) is 5.56 Å². The lowest BCUT2D eigenvalue weighted by atomic mass is 9.97. The minimum Gasteiger partial charge on any atom is -0.435 e. The van der Waals surface area contributed by atoms with Gasteiger partial charge in [-0.15, -0.1) is 0 Å². The summed E-state index contributed by atoms with van der Waals surface area (Å²) in [6, 6.07) is 0. The molecule has 7 heteroatoms. The number of hydrogen-bond acceptors (Lipinski definition) is 5. The van der Waals surface area contributed by atoms with E-state index in [-0.39, 0.29) is 5.91 Å². The van der Waals surface area contributed by atoms with Crippen molar-refractivity contribution in [3.63, 3.8) is 0 Å². The Labute approximate surface area is 148 Å². The molecular weight excluding hydrogens is 318 g/mol. The molecule has 3 heterocycles. The van der Waals surface area contributed by atoms with Crippen LogP contribution in [0, 0.1) is 12.8 Å². The number of piperidine rings is 1. The van der Waals surface area contributed by atoms with Gasteiger partial charge >= 0.3 is 0 Å². The van der Waals surface area contributed by atoms with Crippen molar-refractivity contribution in [1.29, 1.82) is 0 Å². The van der Waals surface area contributed by atoms with Crippen molar-refractivity contribution in [2.75, 3.05) is 19.6 Å². The van der Waals surface area contributed by atoms with Crippen molar-refractivity contribution in [2.45, 2.75) is 39.7 Å². The standard InChI is InChI=1S/C18H27N5O2/c1-4-16-21-13(2)17(25-16)18(24)19-8-14-6-5-7-23(11-14)12-15-9-20-22(3)10-15/h9-10,14H,4-8,11-12H2,1-3H3,(H,19,24). The van der Waals surface area contributed by atoms with Gasteiger partial charge in [0.05, 0.1) is 11.9 Å². The zero-order chi connectivity index (χ0) is 17.8. The average molecular weight is 345 g/mol. The summed E-state index contributed by atoms with van der Waals surface area (Å²) in [5, 5.41) is 7.25. The zero-order valence-electron chi connectivity index (χ0n) is 15.3. The molecule has 1 unspecified atom stereocenters. The van der Waals surface area contributed by atoms with Gasteiger partial charge in [-0.2, -0.15) is 5.10 Å². The smallest absolute Gasteiger partial charge is 0.289 e. The summed E-state index contributed by atoms with van der Waals surface area (Å²) in [6.07, 6.45) is 6.97. The van der Waals surface area contributed by atoms with Crippen molar-refractivity contribution < 1.29 is 9.21 Å². The van der Waals surface area contributed by atoms with E-state index in [1.807, 2.05) is 31.8 Å². The summed E-state index contributed by atoms with van der Waals surface area (Å²) in [5.74, 6) is 1.26. The highest BCUT2D eigenvalue weighted by atomic mass is 16.4. The molecule has 1 saturated heterocycles. The maximum absolute atomic E-state index is 12.3. The van der Waals surface area contributed by atoms with Gasteiger partial charge in [-0.05, 0) is 32.2 Å². The molecule has 136 valence electrons. The fraction of sp³-hybridized carbons (Fsp3) is 0.611. The second-order valence-electron chi connectivity index (χ2n) is 6.85. The van der Waals surface area contributed by atoms with Crippen LogP contribution in [-0.4, -0.2) is 45.2 Å². The number of rotatable bonds is 6. The van der Waals surface area contributed by atoms with Crippen molar-refractivity contribution in [1.82, 2.24) is 25.0 Å². The minimum atomic E-state index is -0.158. The first-order chi connectivity index (χ1) is 12.0.